The molecule has 22 heavy (non-hydrogen) atoms. The quantitative estimate of drug-likeness (QED) is 0.860. The molecule has 0 saturated carbocycles. The molecule has 3 nitrogen and oxygen atoms in total. The monoisotopic (exact) mass is 318 g/mol. The predicted octanol–water partition coefficient (Wildman–Crippen LogP) is 3.60. The van der Waals surface area contributed by atoms with Crippen molar-refractivity contribution < 1.29 is 22.4 Å². The van der Waals surface area contributed by atoms with E-state index in [1.807, 2.05) is 4.90 Å². The first-order valence-electron chi connectivity index (χ1n) is 7.18. The van der Waals surface area contributed by atoms with Gasteiger partial charge in [-0.15, -0.1) is 0 Å². The van der Waals surface area contributed by atoms with E-state index in [2.05, 4.69) is 5.32 Å². The van der Waals surface area contributed by atoms with Crippen molar-refractivity contribution in [3.8, 4) is 0 Å². The van der Waals surface area contributed by atoms with Crippen LogP contribution in [-0.4, -0.2) is 30.6 Å². The number of piperidine rings is 1. The van der Waals surface area contributed by atoms with Crippen LogP contribution in [0.25, 0.3) is 0 Å². The number of alkyl halides is 4. The minimum Gasteiger partial charge on any atom is -0.324 e. The summed E-state index contributed by atoms with van der Waals surface area (Å²) in [6, 6.07) is 3.60. The highest BCUT2D eigenvalue weighted by Gasteiger charge is 2.34. The topological polar surface area (TPSA) is 32.3 Å². The van der Waals surface area contributed by atoms with Crippen LogP contribution >= 0.6 is 0 Å². The number of likely N-dealkylation sites (tertiary alicyclic amines) is 1. The molecule has 0 aliphatic carbocycles. The highest BCUT2D eigenvalue weighted by atomic mass is 19.4. The van der Waals surface area contributed by atoms with E-state index < -0.39 is 24.3 Å². The van der Waals surface area contributed by atoms with E-state index >= 15 is 0 Å². The second-order valence-corrected chi connectivity index (χ2v) is 5.39. The minimum atomic E-state index is -4.51. The molecule has 1 fully saturated rings. The first kappa shape index (κ1) is 16.7. The van der Waals surface area contributed by atoms with Crippen LogP contribution in [-0.2, 0) is 17.5 Å². The first-order chi connectivity index (χ1) is 10.4. The molecule has 1 aliphatic heterocycles. The average Bonchev–Trinajstić information content (AvgIpc) is 2.48. The number of halogens is 4. The summed E-state index contributed by atoms with van der Waals surface area (Å²) in [5.41, 5.74) is -0.653. The Morgan fingerprint density at radius 1 is 1.18 bits per heavy atom. The molecule has 0 aromatic heterocycles. The number of carbonyl (C=O) groups is 1. The Kier molecular flexibility index (Phi) is 5.39. The minimum absolute atomic E-state index is 0.0441. The average molecular weight is 318 g/mol. The molecule has 1 aromatic rings. The van der Waals surface area contributed by atoms with Gasteiger partial charge in [-0.3, -0.25) is 9.69 Å². The lowest BCUT2D eigenvalue weighted by Gasteiger charge is -2.27. The molecular weight excluding hydrogens is 300 g/mol. The molecular formula is C15H18F4N2O. The van der Waals surface area contributed by atoms with Gasteiger partial charge in [0, 0.05) is 12.2 Å². The van der Waals surface area contributed by atoms with Gasteiger partial charge in [-0.1, -0.05) is 12.5 Å². The summed E-state index contributed by atoms with van der Waals surface area (Å²) in [6.45, 7) is 0.540. The van der Waals surface area contributed by atoms with Gasteiger partial charge in [-0.2, -0.15) is 13.2 Å². The summed E-state index contributed by atoms with van der Waals surface area (Å²) in [5.74, 6) is -0.961. The lowest BCUT2D eigenvalue weighted by Crippen LogP contribution is -2.30. The predicted molar refractivity (Wildman–Crippen MR) is 75.2 cm³/mol. The number of anilines is 1. The second-order valence-electron chi connectivity index (χ2n) is 5.39. The van der Waals surface area contributed by atoms with E-state index in [-0.39, 0.29) is 17.8 Å². The van der Waals surface area contributed by atoms with Gasteiger partial charge in [0.25, 0.3) is 5.91 Å². The molecule has 1 saturated heterocycles. The molecule has 1 heterocycles. The van der Waals surface area contributed by atoms with Crippen LogP contribution in [0.2, 0.25) is 0 Å². The Balaban J connectivity index is 2.22. The SMILES string of the molecule is O=C(CF)Nc1ccc(CN2CCCCC2)c(C(F)(F)F)c1. The van der Waals surface area contributed by atoms with Gasteiger partial charge in [0.2, 0.25) is 0 Å². The number of hydrogen-bond acceptors (Lipinski definition) is 2. The molecule has 0 bridgehead atoms. The summed E-state index contributed by atoms with van der Waals surface area (Å²) in [4.78, 5) is 13.0. The van der Waals surface area contributed by atoms with Crippen LogP contribution in [0.1, 0.15) is 30.4 Å². The lowest BCUT2D eigenvalue weighted by molar-refractivity contribution is -0.138. The number of carbonyl (C=O) groups excluding carboxylic acids is 1. The number of benzene rings is 1. The van der Waals surface area contributed by atoms with Crippen LogP contribution < -0.4 is 5.32 Å². The highest BCUT2D eigenvalue weighted by molar-refractivity contribution is 5.91. The van der Waals surface area contributed by atoms with E-state index in [0.717, 1.165) is 38.4 Å². The lowest BCUT2D eigenvalue weighted by atomic mass is 10.0. The van der Waals surface area contributed by atoms with Gasteiger partial charge >= 0.3 is 6.18 Å². The highest BCUT2D eigenvalue weighted by Crippen LogP contribution is 2.34. The number of nitrogens with zero attached hydrogens (tertiary/aromatic N) is 1. The Morgan fingerprint density at radius 3 is 2.45 bits per heavy atom. The molecule has 0 radical (unpaired) electrons. The van der Waals surface area contributed by atoms with E-state index in [9.17, 15) is 22.4 Å². The van der Waals surface area contributed by atoms with Crippen molar-refractivity contribution in [2.75, 3.05) is 25.1 Å². The molecule has 2 rings (SSSR count). The third-order valence-electron chi connectivity index (χ3n) is 3.66. The van der Waals surface area contributed by atoms with E-state index in [1.165, 1.54) is 12.1 Å². The molecule has 0 spiro atoms. The summed E-state index contributed by atoms with van der Waals surface area (Å²) in [7, 11) is 0. The zero-order valence-electron chi connectivity index (χ0n) is 12.0. The summed E-state index contributed by atoms with van der Waals surface area (Å²) in [5, 5.41) is 2.11. The zero-order valence-corrected chi connectivity index (χ0v) is 12.0. The second kappa shape index (κ2) is 7.09. The van der Waals surface area contributed by atoms with Gasteiger partial charge in [0.1, 0.15) is 0 Å². The number of nitrogens with one attached hydrogen (secondary N) is 1. The Hall–Kier alpha value is -1.63. The first-order valence-corrected chi connectivity index (χ1v) is 7.18. The van der Waals surface area contributed by atoms with Gasteiger partial charge in [0.15, 0.2) is 6.67 Å². The Morgan fingerprint density at radius 2 is 1.86 bits per heavy atom. The maximum atomic E-state index is 13.2. The molecule has 1 aliphatic rings. The fourth-order valence-electron chi connectivity index (χ4n) is 2.61. The van der Waals surface area contributed by atoms with E-state index in [4.69, 9.17) is 0 Å². The largest absolute Gasteiger partial charge is 0.416 e. The van der Waals surface area contributed by atoms with E-state index in [0.29, 0.717) is 0 Å². The zero-order chi connectivity index (χ0) is 16.2. The molecule has 1 N–H and O–H groups in total. The third-order valence-corrected chi connectivity index (χ3v) is 3.66. The van der Waals surface area contributed by atoms with Gasteiger partial charge in [-0.25, -0.2) is 4.39 Å². The number of amides is 1. The van der Waals surface area contributed by atoms with Gasteiger partial charge < -0.3 is 5.32 Å². The normalized spacial score (nSPS) is 16.5. The summed E-state index contributed by atoms with van der Waals surface area (Å²) in [6.07, 6.45) is -1.42. The van der Waals surface area contributed by atoms with Gasteiger partial charge in [0.05, 0.1) is 5.56 Å². The third kappa shape index (κ3) is 4.43. The van der Waals surface area contributed by atoms with Crippen LogP contribution in [0.3, 0.4) is 0 Å². The fraction of sp³-hybridized carbons (Fsp3) is 0.533. The fourth-order valence-corrected chi connectivity index (χ4v) is 2.61. The Bertz CT molecular complexity index is 525. The van der Waals surface area contributed by atoms with Crippen LogP contribution in [0.4, 0.5) is 23.2 Å². The number of rotatable bonds is 4. The molecule has 1 aromatic carbocycles. The van der Waals surface area contributed by atoms with Crippen molar-refractivity contribution in [3.05, 3.63) is 29.3 Å². The molecule has 7 heteroatoms. The van der Waals surface area contributed by atoms with Crippen molar-refractivity contribution in [2.45, 2.75) is 32.0 Å². The standard InChI is InChI=1S/C15H18F4N2O/c16-9-14(22)20-12-5-4-11(13(8-12)15(17,18)19)10-21-6-2-1-3-7-21/h4-5,8H,1-3,6-7,9-10H2,(H,20,22). The number of hydrogen-bond donors (Lipinski definition) is 1. The molecule has 0 unspecified atom stereocenters. The maximum Gasteiger partial charge on any atom is 0.416 e. The molecule has 0 atom stereocenters. The van der Waals surface area contributed by atoms with Crippen LogP contribution in [0.5, 0.6) is 0 Å². The van der Waals surface area contributed by atoms with Crippen molar-refractivity contribution in [1.82, 2.24) is 4.90 Å². The molecule has 122 valence electrons. The van der Waals surface area contributed by atoms with Crippen LogP contribution in [0.15, 0.2) is 18.2 Å². The van der Waals surface area contributed by atoms with E-state index in [1.54, 1.807) is 0 Å². The summed E-state index contributed by atoms with van der Waals surface area (Å²) < 4.78 is 51.7. The maximum absolute atomic E-state index is 13.2. The Labute approximate surface area is 126 Å². The van der Waals surface area contributed by atoms with Gasteiger partial charge in [-0.05, 0) is 43.6 Å². The van der Waals surface area contributed by atoms with Crippen molar-refractivity contribution in [1.29, 1.82) is 0 Å². The van der Waals surface area contributed by atoms with Crippen LogP contribution in [0, 0.1) is 0 Å². The van der Waals surface area contributed by atoms with Crippen molar-refractivity contribution in [3.63, 3.8) is 0 Å². The van der Waals surface area contributed by atoms with Crippen molar-refractivity contribution >= 4 is 11.6 Å². The smallest absolute Gasteiger partial charge is 0.324 e. The summed E-state index contributed by atoms with van der Waals surface area (Å²) >= 11 is 0. The van der Waals surface area contributed by atoms with Crippen molar-refractivity contribution in [2.24, 2.45) is 0 Å². The molecule has 1 amide bonds.